The number of hydrogen-bond acceptors (Lipinski definition) is 3. The van der Waals surface area contributed by atoms with E-state index in [1.807, 2.05) is 20.8 Å². The third-order valence-corrected chi connectivity index (χ3v) is 1.84. The van der Waals surface area contributed by atoms with Gasteiger partial charge in [0.1, 0.15) is 5.84 Å². The molecule has 4 N–H and O–H groups in total. The number of nitrogens with zero attached hydrogens (tertiary/aromatic N) is 1. The van der Waals surface area contributed by atoms with Crippen molar-refractivity contribution in [2.75, 3.05) is 0 Å². The van der Waals surface area contributed by atoms with E-state index in [9.17, 15) is 4.79 Å². The molecule has 0 saturated carbocycles. The van der Waals surface area contributed by atoms with E-state index in [1.165, 1.54) is 6.07 Å². The van der Waals surface area contributed by atoms with Crippen molar-refractivity contribution in [1.82, 2.24) is 10.4 Å². The minimum absolute atomic E-state index is 0.0803. The maximum atomic E-state index is 11.6. The topological polar surface area (TPSA) is 83.3 Å². The highest BCUT2D eigenvalue weighted by molar-refractivity contribution is 5.98. The third kappa shape index (κ3) is 2.92. The van der Waals surface area contributed by atoms with Gasteiger partial charge in [0, 0.05) is 24.0 Å². The van der Waals surface area contributed by atoms with E-state index < -0.39 is 0 Å². The second-order valence-electron chi connectivity index (χ2n) is 3.61. The number of aryl methyl sites for hydroxylation is 1. The van der Waals surface area contributed by atoms with Gasteiger partial charge < -0.3 is 10.4 Å². The first-order chi connectivity index (χ1) is 7.04. The zero-order valence-electron chi connectivity index (χ0n) is 9.16. The Hall–Kier alpha value is -1.62. The largest absolute Gasteiger partial charge is 0.364 e. The third-order valence-electron chi connectivity index (χ3n) is 1.84. The van der Waals surface area contributed by atoms with Crippen LogP contribution in [0.3, 0.4) is 0 Å². The molecule has 0 aliphatic carbocycles. The van der Waals surface area contributed by atoms with Crippen molar-refractivity contribution in [2.24, 2.45) is 10.8 Å². The molecule has 82 valence electrons. The van der Waals surface area contributed by atoms with Gasteiger partial charge in [-0.3, -0.25) is 9.79 Å². The molecule has 0 amide bonds. The zero-order chi connectivity index (χ0) is 11.4. The fourth-order valence-electron chi connectivity index (χ4n) is 1.20. The first-order valence-corrected chi connectivity index (χ1v) is 4.78. The Labute approximate surface area is 88.4 Å². The van der Waals surface area contributed by atoms with E-state index in [-0.39, 0.29) is 11.5 Å². The van der Waals surface area contributed by atoms with Gasteiger partial charge in [-0.1, -0.05) is 0 Å². The van der Waals surface area contributed by atoms with Crippen molar-refractivity contribution in [3.63, 3.8) is 0 Å². The predicted molar refractivity (Wildman–Crippen MR) is 60.8 cm³/mol. The lowest BCUT2D eigenvalue weighted by Gasteiger charge is -2.07. The molecule has 0 spiro atoms. The molecule has 1 aromatic heterocycles. The molecule has 0 unspecified atom stereocenters. The monoisotopic (exact) mass is 208 g/mol. The van der Waals surface area contributed by atoms with Gasteiger partial charge in [0.15, 0.2) is 5.43 Å². The normalized spacial score (nSPS) is 11.9. The maximum Gasteiger partial charge on any atom is 0.192 e. The van der Waals surface area contributed by atoms with Crippen molar-refractivity contribution >= 4 is 5.84 Å². The summed E-state index contributed by atoms with van der Waals surface area (Å²) in [6.45, 7) is 5.65. The molecule has 0 radical (unpaired) electrons. The second kappa shape index (κ2) is 4.75. The van der Waals surface area contributed by atoms with Crippen molar-refractivity contribution in [2.45, 2.75) is 26.8 Å². The van der Waals surface area contributed by atoms with Crippen molar-refractivity contribution in [3.05, 3.63) is 33.7 Å². The van der Waals surface area contributed by atoms with Gasteiger partial charge in [-0.05, 0) is 20.8 Å². The lowest BCUT2D eigenvalue weighted by Crippen LogP contribution is -2.35. The molecule has 0 aliphatic heterocycles. The molecule has 0 aromatic carbocycles. The molecule has 0 atom stereocenters. The number of hydrogen-bond donors (Lipinski definition) is 3. The molecule has 0 aliphatic rings. The molecule has 0 saturated heterocycles. The van der Waals surface area contributed by atoms with E-state index in [0.717, 1.165) is 5.69 Å². The highest BCUT2D eigenvalue weighted by Gasteiger charge is 2.07. The van der Waals surface area contributed by atoms with Gasteiger partial charge >= 0.3 is 0 Å². The number of hydrazine groups is 1. The lowest BCUT2D eigenvalue weighted by atomic mass is 10.2. The first-order valence-electron chi connectivity index (χ1n) is 4.78. The van der Waals surface area contributed by atoms with Crippen LogP contribution in [0.5, 0.6) is 0 Å². The van der Waals surface area contributed by atoms with E-state index in [4.69, 9.17) is 5.84 Å². The Bertz CT molecular complexity index is 420. The second-order valence-corrected chi connectivity index (χ2v) is 3.61. The summed E-state index contributed by atoms with van der Waals surface area (Å²) in [6, 6.07) is 1.60. The highest BCUT2D eigenvalue weighted by Crippen LogP contribution is 1.96. The van der Waals surface area contributed by atoms with Crippen LogP contribution in [0, 0.1) is 6.92 Å². The summed E-state index contributed by atoms with van der Waals surface area (Å²) in [5.41, 5.74) is 3.61. The van der Waals surface area contributed by atoms with Crippen LogP contribution in [0.25, 0.3) is 0 Å². The van der Waals surface area contributed by atoms with Crippen LogP contribution in [0.15, 0.2) is 22.1 Å². The van der Waals surface area contributed by atoms with Crippen LogP contribution in [0.4, 0.5) is 0 Å². The Balaban J connectivity index is 3.19. The molecule has 5 nitrogen and oxygen atoms in total. The Morgan fingerprint density at radius 1 is 1.60 bits per heavy atom. The molecule has 1 heterocycles. The molecule has 0 fully saturated rings. The van der Waals surface area contributed by atoms with Gasteiger partial charge in [-0.25, -0.2) is 5.84 Å². The van der Waals surface area contributed by atoms with Gasteiger partial charge in [0.2, 0.25) is 0 Å². The Kier molecular flexibility index (Phi) is 3.62. The van der Waals surface area contributed by atoms with E-state index in [1.54, 1.807) is 6.20 Å². The van der Waals surface area contributed by atoms with E-state index in [0.29, 0.717) is 11.4 Å². The van der Waals surface area contributed by atoms with Crippen LogP contribution >= 0.6 is 0 Å². The first kappa shape index (κ1) is 11.5. The number of nitrogens with two attached hydrogens (primary N) is 1. The summed E-state index contributed by atoms with van der Waals surface area (Å²) in [7, 11) is 0. The number of aromatic amines is 1. The lowest BCUT2D eigenvalue weighted by molar-refractivity contribution is 0.819. The van der Waals surface area contributed by atoms with Crippen molar-refractivity contribution in [1.29, 1.82) is 0 Å². The minimum Gasteiger partial charge on any atom is -0.364 e. The summed E-state index contributed by atoms with van der Waals surface area (Å²) in [4.78, 5) is 18.8. The molecule has 15 heavy (non-hydrogen) atoms. The zero-order valence-corrected chi connectivity index (χ0v) is 9.16. The number of pyridine rings is 1. The fourth-order valence-corrected chi connectivity index (χ4v) is 1.20. The number of aliphatic imine (C=N–C) groups is 1. The number of H-pyrrole nitrogens is 1. The van der Waals surface area contributed by atoms with Crippen LogP contribution in [-0.2, 0) is 0 Å². The summed E-state index contributed by atoms with van der Waals surface area (Å²) < 4.78 is 0. The summed E-state index contributed by atoms with van der Waals surface area (Å²) in [5, 5.41) is 0. The smallest absolute Gasteiger partial charge is 0.192 e. The number of nitrogens with one attached hydrogen (secondary N) is 2. The summed E-state index contributed by atoms with van der Waals surface area (Å²) in [5.74, 6) is 5.74. The average molecular weight is 208 g/mol. The SMILES string of the molecule is Cc1cc(=O)c(C(=NC(C)C)NN)c[nH]1. The number of aromatic nitrogens is 1. The van der Waals surface area contributed by atoms with Crippen LogP contribution in [0.2, 0.25) is 0 Å². The van der Waals surface area contributed by atoms with Gasteiger partial charge in [0.25, 0.3) is 0 Å². The van der Waals surface area contributed by atoms with Gasteiger partial charge in [0.05, 0.1) is 5.56 Å². The molecule has 5 heteroatoms. The molecule has 1 rings (SSSR count). The van der Waals surface area contributed by atoms with Gasteiger partial charge in [-0.15, -0.1) is 0 Å². The molecule has 1 aromatic rings. The predicted octanol–water partition coefficient (Wildman–Crippen LogP) is 0.302. The molecular formula is C10H16N4O. The van der Waals surface area contributed by atoms with Crippen LogP contribution < -0.4 is 16.7 Å². The number of rotatable bonds is 2. The summed E-state index contributed by atoms with van der Waals surface area (Å²) in [6.07, 6.45) is 1.61. The Morgan fingerprint density at radius 3 is 2.73 bits per heavy atom. The standard InChI is InChI=1S/C10H16N4O/c1-6(2)13-10(14-11)8-5-12-7(3)4-9(8)15/h4-6H,11H2,1-3H3,(H,12,15)(H,13,14). The molecular weight excluding hydrogens is 192 g/mol. The minimum atomic E-state index is -0.0939. The van der Waals surface area contributed by atoms with Gasteiger partial charge in [-0.2, -0.15) is 0 Å². The van der Waals surface area contributed by atoms with E-state index >= 15 is 0 Å². The van der Waals surface area contributed by atoms with Crippen LogP contribution in [-0.4, -0.2) is 16.9 Å². The van der Waals surface area contributed by atoms with Crippen LogP contribution in [0.1, 0.15) is 25.1 Å². The average Bonchev–Trinajstić information content (AvgIpc) is 2.14. The molecule has 0 bridgehead atoms. The Morgan fingerprint density at radius 2 is 2.27 bits per heavy atom. The fraction of sp³-hybridized carbons (Fsp3) is 0.400. The quantitative estimate of drug-likeness (QED) is 0.283. The van der Waals surface area contributed by atoms with Crippen molar-refractivity contribution in [3.8, 4) is 0 Å². The maximum absolute atomic E-state index is 11.6. The van der Waals surface area contributed by atoms with E-state index in [2.05, 4.69) is 15.4 Å². The summed E-state index contributed by atoms with van der Waals surface area (Å²) >= 11 is 0. The highest BCUT2D eigenvalue weighted by atomic mass is 16.1. The van der Waals surface area contributed by atoms with Crippen molar-refractivity contribution < 1.29 is 0 Å². The number of amidine groups is 1.